The van der Waals surface area contributed by atoms with E-state index in [-0.39, 0.29) is 17.4 Å². The van der Waals surface area contributed by atoms with E-state index < -0.39 is 6.55 Å². The summed E-state index contributed by atoms with van der Waals surface area (Å²) in [5.74, 6) is 0.877. The number of fused-ring (bicyclic) bond motifs is 1. The third-order valence-electron chi connectivity index (χ3n) is 5.79. The van der Waals surface area contributed by atoms with Gasteiger partial charge >= 0.3 is 6.55 Å². The molecule has 172 valence electrons. The Labute approximate surface area is 193 Å². The quantitative estimate of drug-likeness (QED) is 0.336. The molecule has 0 saturated carbocycles. The van der Waals surface area contributed by atoms with Crippen LogP contribution in [0.2, 0.25) is 0 Å². The first-order valence-electron chi connectivity index (χ1n) is 10.9. The van der Waals surface area contributed by atoms with Gasteiger partial charge in [-0.2, -0.15) is 8.78 Å². The highest BCUT2D eigenvalue weighted by atomic mass is 32.2. The molecule has 5 rings (SSSR count). The number of hydrogen-bond donors (Lipinski definition) is 0. The zero-order valence-corrected chi connectivity index (χ0v) is 18.7. The first-order valence-corrected chi connectivity index (χ1v) is 11.9. The van der Waals surface area contributed by atoms with Crippen molar-refractivity contribution in [2.45, 2.75) is 43.3 Å². The molecule has 2 aromatic heterocycles. The number of hydrogen-bond acceptors (Lipinski definition) is 5. The monoisotopic (exact) mass is 472 g/mol. The van der Waals surface area contributed by atoms with Crippen LogP contribution < -0.4 is 0 Å². The highest BCUT2D eigenvalue weighted by Gasteiger charge is 2.22. The van der Waals surface area contributed by atoms with Gasteiger partial charge in [-0.3, -0.25) is 14.0 Å². The Hall–Kier alpha value is -2.85. The summed E-state index contributed by atoms with van der Waals surface area (Å²) in [6, 6.07) is 13.0. The molecule has 0 N–H and O–H groups in total. The first kappa shape index (κ1) is 22.0. The number of para-hydroxylation sites is 2. The largest absolute Gasteiger partial charge is 0.320 e. The zero-order valence-electron chi connectivity index (χ0n) is 17.9. The van der Waals surface area contributed by atoms with Gasteiger partial charge in [0.2, 0.25) is 0 Å². The predicted molar refractivity (Wildman–Crippen MR) is 121 cm³/mol. The van der Waals surface area contributed by atoms with Crippen LogP contribution in [-0.4, -0.2) is 42.3 Å². The van der Waals surface area contributed by atoms with E-state index in [9.17, 15) is 13.2 Å². The summed E-state index contributed by atoms with van der Waals surface area (Å²) in [6.45, 7) is -0.0768. The molecular formula is C23H23F3N6S. The number of nitrogens with zero attached hydrogens (tertiary/aromatic N) is 6. The van der Waals surface area contributed by atoms with E-state index in [2.05, 4.69) is 20.1 Å². The van der Waals surface area contributed by atoms with Crippen molar-refractivity contribution in [1.82, 2.24) is 29.2 Å². The molecule has 6 nitrogen and oxygen atoms in total. The summed E-state index contributed by atoms with van der Waals surface area (Å²) in [4.78, 5) is 6.74. The fraction of sp³-hybridized carbons (Fsp3) is 0.348. The van der Waals surface area contributed by atoms with E-state index in [1.165, 1.54) is 30.3 Å². The third kappa shape index (κ3) is 4.63. The van der Waals surface area contributed by atoms with Crippen LogP contribution in [0.4, 0.5) is 13.2 Å². The minimum absolute atomic E-state index is 0.196. The minimum Gasteiger partial charge on any atom is -0.296 e. The molecule has 0 radical (unpaired) electrons. The maximum atomic E-state index is 13.8. The van der Waals surface area contributed by atoms with Crippen molar-refractivity contribution in [2.75, 3.05) is 13.1 Å². The van der Waals surface area contributed by atoms with Crippen molar-refractivity contribution in [2.24, 2.45) is 0 Å². The lowest BCUT2D eigenvalue weighted by atomic mass is 10.1. The Balaban J connectivity index is 1.46. The molecule has 3 heterocycles. The fourth-order valence-electron chi connectivity index (χ4n) is 4.21. The van der Waals surface area contributed by atoms with Crippen molar-refractivity contribution in [3.63, 3.8) is 0 Å². The van der Waals surface area contributed by atoms with Crippen LogP contribution >= 0.6 is 11.8 Å². The number of imidazole rings is 1. The van der Waals surface area contributed by atoms with E-state index in [1.54, 1.807) is 36.4 Å². The van der Waals surface area contributed by atoms with E-state index >= 15 is 0 Å². The van der Waals surface area contributed by atoms with E-state index in [4.69, 9.17) is 0 Å². The number of aromatic nitrogens is 5. The van der Waals surface area contributed by atoms with Gasteiger partial charge < -0.3 is 0 Å². The highest BCUT2D eigenvalue weighted by molar-refractivity contribution is 7.98. The minimum atomic E-state index is -2.70. The predicted octanol–water partition coefficient (Wildman–Crippen LogP) is 5.43. The molecular weight excluding hydrogens is 449 g/mol. The van der Waals surface area contributed by atoms with Gasteiger partial charge in [0.25, 0.3) is 0 Å². The normalized spacial score (nSPS) is 15.0. The molecule has 1 aliphatic rings. The Morgan fingerprint density at radius 2 is 1.67 bits per heavy atom. The van der Waals surface area contributed by atoms with E-state index in [1.807, 2.05) is 4.57 Å². The SMILES string of the molecule is Fc1ccc(-n2c(CN3CCCCC3)nnc2SCc2nc3ccccc3n2C(F)F)cc1. The zero-order chi connectivity index (χ0) is 22.8. The second-order valence-electron chi connectivity index (χ2n) is 8.00. The van der Waals surface area contributed by atoms with Gasteiger partial charge in [-0.1, -0.05) is 30.3 Å². The van der Waals surface area contributed by atoms with E-state index in [0.717, 1.165) is 42.0 Å². The lowest BCUT2D eigenvalue weighted by Crippen LogP contribution is -2.30. The summed E-state index contributed by atoms with van der Waals surface area (Å²) < 4.78 is 44.0. The first-order chi connectivity index (χ1) is 16.1. The van der Waals surface area contributed by atoms with Crippen molar-refractivity contribution in [1.29, 1.82) is 0 Å². The van der Waals surface area contributed by atoms with Gasteiger partial charge in [-0.15, -0.1) is 10.2 Å². The van der Waals surface area contributed by atoms with Crippen molar-refractivity contribution >= 4 is 22.8 Å². The second-order valence-corrected chi connectivity index (χ2v) is 8.94. The van der Waals surface area contributed by atoms with Crippen molar-refractivity contribution in [3.8, 4) is 5.69 Å². The molecule has 0 amide bonds. The Morgan fingerprint density at radius 3 is 2.42 bits per heavy atom. The Kier molecular flexibility index (Phi) is 6.37. The third-order valence-corrected chi connectivity index (χ3v) is 6.72. The molecule has 1 fully saturated rings. The van der Waals surface area contributed by atoms with Crippen LogP contribution in [0.5, 0.6) is 0 Å². The summed E-state index contributed by atoms with van der Waals surface area (Å²) >= 11 is 1.29. The summed E-state index contributed by atoms with van der Waals surface area (Å²) in [7, 11) is 0. The number of benzene rings is 2. The van der Waals surface area contributed by atoms with Gasteiger partial charge in [0, 0.05) is 5.69 Å². The van der Waals surface area contributed by atoms with Crippen LogP contribution in [0.25, 0.3) is 16.7 Å². The number of piperidine rings is 1. The van der Waals surface area contributed by atoms with Gasteiger partial charge in [0.1, 0.15) is 11.6 Å². The smallest absolute Gasteiger partial charge is 0.296 e. The topological polar surface area (TPSA) is 51.8 Å². The summed E-state index contributed by atoms with van der Waals surface area (Å²) in [5.41, 5.74) is 1.66. The maximum Gasteiger partial charge on any atom is 0.320 e. The molecule has 33 heavy (non-hydrogen) atoms. The standard InChI is InChI=1S/C23H23F3N6S/c24-16-8-10-17(11-9-16)31-20(14-30-12-4-1-5-13-30)28-29-23(31)33-15-21-27-18-6-2-3-7-19(18)32(21)22(25)26/h2-3,6-11,22H,1,4-5,12-15H2. The number of alkyl halides is 2. The highest BCUT2D eigenvalue weighted by Crippen LogP contribution is 2.30. The molecule has 10 heteroatoms. The molecule has 1 saturated heterocycles. The van der Waals surface area contributed by atoms with E-state index in [0.29, 0.717) is 22.7 Å². The number of likely N-dealkylation sites (tertiary alicyclic amines) is 1. The average molecular weight is 473 g/mol. The van der Waals surface area contributed by atoms with Gasteiger partial charge in [-0.05, 0) is 62.3 Å². The molecule has 0 unspecified atom stereocenters. The Bertz CT molecular complexity index is 1230. The van der Waals surface area contributed by atoms with Gasteiger partial charge in [0.15, 0.2) is 11.0 Å². The summed E-state index contributed by atoms with van der Waals surface area (Å²) in [6.07, 6.45) is 3.53. The molecule has 0 atom stereocenters. The molecule has 4 aromatic rings. The summed E-state index contributed by atoms with van der Waals surface area (Å²) in [5, 5.41) is 9.31. The fourth-order valence-corrected chi connectivity index (χ4v) is 5.11. The molecule has 1 aliphatic heterocycles. The number of halogens is 3. The van der Waals surface area contributed by atoms with Crippen LogP contribution in [0.15, 0.2) is 53.7 Å². The number of thioether (sulfide) groups is 1. The second kappa shape index (κ2) is 9.56. The van der Waals surface area contributed by atoms with Gasteiger partial charge in [0.05, 0.1) is 23.3 Å². The van der Waals surface area contributed by atoms with Crippen LogP contribution in [0.1, 0.15) is 37.5 Å². The van der Waals surface area contributed by atoms with Crippen molar-refractivity contribution < 1.29 is 13.2 Å². The van der Waals surface area contributed by atoms with Crippen LogP contribution in [0, 0.1) is 5.82 Å². The van der Waals surface area contributed by atoms with Crippen LogP contribution in [-0.2, 0) is 12.3 Å². The van der Waals surface area contributed by atoms with Gasteiger partial charge in [-0.25, -0.2) is 9.37 Å². The Morgan fingerprint density at radius 1 is 0.909 bits per heavy atom. The number of rotatable bonds is 7. The maximum absolute atomic E-state index is 13.8. The molecule has 0 bridgehead atoms. The lowest BCUT2D eigenvalue weighted by Gasteiger charge is -2.26. The average Bonchev–Trinajstić information content (AvgIpc) is 3.40. The molecule has 2 aromatic carbocycles. The van der Waals surface area contributed by atoms with Crippen molar-refractivity contribution in [3.05, 3.63) is 66.0 Å². The molecule has 0 spiro atoms. The molecule has 0 aliphatic carbocycles. The van der Waals surface area contributed by atoms with Crippen LogP contribution in [0.3, 0.4) is 0 Å². The lowest BCUT2D eigenvalue weighted by molar-refractivity contribution is 0.0722.